The van der Waals surface area contributed by atoms with Crippen LogP contribution < -0.4 is 10.6 Å². The van der Waals surface area contributed by atoms with Gasteiger partial charge in [0.1, 0.15) is 5.82 Å². The van der Waals surface area contributed by atoms with E-state index in [1.54, 1.807) is 25.1 Å². The molecule has 1 aromatic heterocycles. The Morgan fingerprint density at radius 2 is 2.08 bits per heavy atom. The minimum absolute atomic E-state index is 0.341. The molecule has 7 heteroatoms. The lowest BCUT2D eigenvalue weighted by atomic mass is 10.2. The third kappa shape index (κ3) is 4.33. The van der Waals surface area contributed by atoms with E-state index >= 15 is 0 Å². The fourth-order valence-electron chi connectivity index (χ4n) is 2.37. The molecule has 25 heavy (non-hydrogen) atoms. The van der Waals surface area contributed by atoms with Gasteiger partial charge in [-0.25, -0.2) is 9.78 Å². The number of hydrogen-bond donors (Lipinski definition) is 3. The molecule has 0 saturated carbocycles. The van der Waals surface area contributed by atoms with Gasteiger partial charge in [0, 0.05) is 5.69 Å². The molecule has 0 saturated heterocycles. The molecule has 0 atom stereocenters. The average molecular weight is 354 g/mol. The highest BCUT2D eigenvalue weighted by Gasteiger charge is 2.08. The summed E-state index contributed by atoms with van der Waals surface area (Å²) in [5.74, 6) is 0.443. The number of imidazole rings is 1. The van der Waals surface area contributed by atoms with E-state index in [4.69, 9.17) is 17.0 Å². The molecule has 0 aliphatic carbocycles. The van der Waals surface area contributed by atoms with Crippen molar-refractivity contribution in [1.82, 2.24) is 15.3 Å². The van der Waals surface area contributed by atoms with Gasteiger partial charge in [-0.2, -0.15) is 0 Å². The summed E-state index contributed by atoms with van der Waals surface area (Å²) in [5.41, 5.74) is 3.10. The molecule has 0 aliphatic rings. The number of carbonyl (C=O) groups excluding carboxylic acids is 1. The number of esters is 1. The van der Waals surface area contributed by atoms with Crippen molar-refractivity contribution >= 4 is 40.0 Å². The smallest absolute Gasteiger partial charge is 0.338 e. The lowest BCUT2D eigenvalue weighted by Gasteiger charge is -2.10. The number of aromatic nitrogens is 2. The van der Waals surface area contributed by atoms with Crippen LogP contribution in [0.4, 0.5) is 5.69 Å². The predicted molar refractivity (Wildman–Crippen MR) is 102 cm³/mol. The number of para-hydroxylation sites is 2. The van der Waals surface area contributed by atoms with E-state index in [2.05, 4.69) is 20.6 Å². The Labute approximate surface area is 150 Å². The fourth-order valence-corrected chi connectivity index (χ4v) is 2.56. The minimum Gasteiger partial charge on any atom is -0.462 e. The Morgan fingerprint density at radius 3 is 2.88 bits per heavy atom. The molecule has 3 N–H and O–H groups in total. The summed E-state index contributed by atoms with van der Waals surface area (Å²) < 4.78 is 4.99. The Bertz CT molecular complexity index is 874. The van der Waals surface area contributed by atoms with Crippen molar-refractivity contribution in [2.45, 2.75) is 13.5 Å². The zero-order valence-corrected chi connectivity index (χ0v) is 14.5. The zero-order chi connectivity index (χ0) is 17.6. The molecule has 0 spiro atoms. The van der Waals surface area contributed by atoms with Gasteiger partial charge in [-0.1, -0.05) is 18.2 Å². The lowest BCUT2D eigenvalue weighted by molar-refractivity contribution is 0.0526. The quantitative estimate of drug-likeness (QED) is 0.482. The maximum atomic E-state index is 11.8. The van der Waals surface area contributed by atoms with Crippen LogP contribution in [0.25, 0.3) is 11.0 Å². The van der Waals surface area contributed by atoms with Crippen LogP contribution in [-0.2, 0) is 11.3 Å². The third-order valence-electron chi connectivity index (χ3n) is 3.49. The highest BCUT2D eigenvalue weighted by Crippen LogP contribution is 2.12. The normalized spacial score (nSPS) is 10.4. The van der Waals surface area contributed by atoms with E-state index in [1.807, 2.05) is 30.3 Å². The summed E-state index contributed by atoms with van der Waals surface area (Å²) >= 11 is 5.30. The first-order valence-electron chi connectivity index (χ1n) is 7.91. The number of hydrogen-bond acceptors (Lipinski definition) is 4. The number of fused-ring (bicyclic) bond motifs is 1. The van der Waals surface area contributed by atoms with Crippen LogP contribution in [0.5, 0.6) is 0 Å². The van der Waals surface area contributed by atoms with Crippen molar-refractivity contribution in [3.05, 3.63) is 59.9 Å². The first kappa shape index (κ1) is 16.9. The molecule has 3 aromatic rings. The number of ether oxygens (including phenoxy) is 1. The predicted octanol–water partition coefficient (Wildman–Crippen LogP) is 3.23. The largest absolute Gasteiger partial charge is 0.462 e. The van der Waals surface area contributed by atoms with Gasteiger partial charge in [0.25, 0.3) is 0 Å². The number of thiocarbonyl (C=S) groups is 1. The van der Waals surface area contributed by atoms with Gasteiger partial charge in [0.2, 0.25) is 0 Å². The first-order valence-corrected chi connectivity index (χ1v) is 8.32. The van der Waals surface area contributed by atoms with Crippen LogP contribution in [0.1, 0.15) is 23.1 Å². The fraction of sp³-hybridized carbons (Fsp3) is 0.167. The number of anilines is 1. The number of aromatic amines is 1. The Balaban J connectivity index is 1.59. The maximum Gasteiger partial charge on any atom is 0.338 e. The highest BCUT2D eigenvalue weighted by atomic mass is 32.1. The van der Waals surface area contributed by atoms with Crippen molar-refractivity contribution in [3.63, 3.8) is 0 Å². The van der Waals surface area contributed by atoms with Gasteiger partial charge < -0.3 is 20.4 Å². The summed E-state index contributed by atoms with van der Waals surface area (Å²) in [5, 5.41) is 6.59. The molecule has 0 bridgehead atoms. The molecule has 3 rings (SSSR count). The number of benzene rings is 2. The Hall–Kier alpha value is -2.93. The van der Waals surface area contributed by atoms with Crippen LogP contribution in [0, 0.1) is 0 Å². The number of nitrogens with zero attached hydrogens (tertiary/aromatic N) is 1. The second-order valence-electron chi connectivity index (χ2n) is 5.31. The average Bonchev–Trinajstić information content (AvgIpc) is 3.03. The molecule has 6 nitrogen and oxygen atoms in total. The van der Waals surface area contributed by atoms with Crippen molar-refractivity contribution in [1.29, 1.82) is 0 Å². The molecule has 0 radical (unpaired) electrons. The molecular formula is C18H18N4O2S. The number of carbonyl (C=O) groups is 1. The van der Waals surface area contributed by atoms with E-state index < -0.39 is 0 Å². The topological polar surface area (TPSA) is 79.0 Å². The molecular weight excluding hydrogens is 336 g/mol. The summed E-state index contributed by atoms with van der Waals surface area (Å²) in [7, 11) is 0. The van der Waals surface area contributed by atoms with Crippen molar-refractivity contribution in [3.8, 4) is 0 Å². The van der Waals surface area contributed by atoms with E-state index in [-0.39, 0.29) is 5.97 Å². The van der Waals surface area contributed by atoms with Crippen molar-refractivity contribution < 1.29 is 9.53 Å². The van der Waals surface area contributed by atoms with E-state index in [0.717, 1.165) is 16.9 Å². The lowest BCUT2D eigenvalue weighted by Crippen LogP contribution is -2.28. The van der Waals surface area contributed by atoms with Crippen molar-refractivity contribution in [2.75, 3.05) is 11.9 Å². The number of rotatable bonds is 5. The number of H-pyrrole nitrogens is 1. The number of nitrogens with one attached hydrogen (secondary N) is 3. The van der Waals surface area contributed by atoms with Crippen LogP contribution in [-0.4, -0.2) is 27.7 Å². The summed E-state index contributed by atoms with van der Waals surface area (Å²) in [6.45, 7) is 2.59. The van der Waals surface area contributed by atoms with E-state index in [0.29, 0.717) is 29.5 Å². The SMILES string of the molecule is CCOC(=O)c1cccc(NC(=S)NCc2nc3ccccc3[nH]2)c1. The third-order valence-corrected chi connectivity index (χ3v) is 3.73. The molecule has 2 aromatic carbocycles. The molecule has 128 valence electrons. The van der Waals surface area contributed by atoms with Gasteiger partial charge in [0.05, 0.1) is 29.7 Å². The summed E-state index contributed by atoms with van der Waals surface area (Å²) in [4.78, 5) is 19.5. The van der Waals surface area contributed by atoms with Crippen LogP contribution >= 0.6 is 12.2 Å². The monoisotopic (exact) mass is 354 g/mol. The Morgan fingerprint density at radius 1 is 1.24 bits per heavy atom. The molecule has 0 unspecified atom stereocenters. The van der Waals surface area contributed by atoms with Gasteiger partial charge >= 0.3 is 5.97 Å². The van der Waals surface area contributed by atoms with Crippen molar-refractivity contribution in [2.24, 2.45) is 0 Å². The second kappa shape index (κ2) is 7.76. The minimum atomic E-state index is -0.354. The van der Waals surface area contributed by atoms with Gasteiger partial charge in [-0.3, -0.25) is 0 Å². The standard InChI is InChI=1S/C18H18N4O2S/c1-2-24-17(23)12-6-5-7-13(10-12)20-18(25)19-11-16-21-14-8-3-4-9-15(14)22-16/h3-10H,2,11H2,1H3,(H,21,22)(H2,19,20,25). The molecule has 0 aliphatic heterocycles. The molecule has 0 amide bonds. The van der Waals surface area contributed by atoms with Crippen LogP contribution in [0.15, 0.2) is 48.5 Å². The summed E-state index contributed by atoms with van der Waals surface area (Å²) in [6, 6.07) is 14.8. The van der Waals surface area contributed by atoms with E-state index in [9.17, 15) is 4.79 Å². The zero-order valence-electron chi connectivity index (χ0n) is 13.7. The van der Waals surface area contributed by atoms with Gasteiger partial charge in [-0.15, -0.1) is 0 Å². The van der Waals surface area contributed by atoms with Crippen LogP contribution in [0.2, 0.25) is 0 Å². The first-order chi connectivity index (χ1) is 12.2. The van der Waals surface area contributed by atoms with E-state index in [1.165, 1.54) is 0 Å². The summed E-state index contributed by atoms with van der Waals surface area (Å²) in [6.07, 6.45) is 0. The molecule has 1 heterocycles. The van der Waals surface area contributed by atoms with Crippen LogP contribution in [0.3, 0.4) is 0 Å². The molecule has 0 fully saturated rings. The Kier molecular flexibility index (Phi) is 5.25. The van der Waals surface area contributed by atoms with Gasteiger partial charge in [-0.05, 0) is 49.5 Å². The second-order valence-corrected chi connectivity index (χ2v) is 5.72. The highest BCUT2D eigenvalue weighted by molar-refractivity contribution is 7.80. The maximum absolute atomic E-state index is 11.8. The van der Waals surface area contributed by atoms with Gasteiger partial charge in [0.15, 0.2) is 5.11 Å².